The summed E-state index contributed by atoms with van der Waals surface area (Å²) in [5.74, 6) is 0.523. The molecule has 0 aliphatic heterocycles. The second-order valence-corrected chi connectivity index (χ2v) is 6.90. The summed E-state index contributed by atoms with van der Waals surface area (Å²) in [5, 5.41) is 6.26. The summed E-state index contributed by atoms with van der Waals surface area (Å²) >= 11 is 1.40. The first-order valence-corrected chi connectivity index (χ1v) is 9.30. The summed E-state index contributed by atoms with van der Waals surface area (Å²) in [6.07, 6.45) is 0. The van der Waals surface area contributed by atoms with Crippen molar-refractivity contribution in [2.45, 2.75) is 6.92 Å². The van der Waals surface area contributed by atoms with E-state index in [1.165, 1.54) is 11.3 Å². The summed E-state index contributed by atoms with van der Waals surface area (Å²) in [5.41, 5.74) is 3.85. The number of ether oxygens (including phenoxy) is 1. The van der Waals surface area contributed by atoms with E-state index in [2.05, 4.69) is 15.3 Å². The van der Waals surface area contributed by atoms with E-state index in [4.69, 9.17) is 4.74 Å². The number of aryl methyl sites for hydroxylation is 1. The number of anilines is 1. The molecule has 2 aromatic carbocycles. The predicted octanol–water partition coefficient (Wildman–Crippen LogP) is 4.93. The van der Waals surface area contributed by atoms with Gasteiger partial charge in [-0.1, -0.05) is 30.3 Å². The molecule has 1 N–H and O–H groups in total. The molecule has 0 bridgehead atoms. The number of nitrogens with zero attached hydrogens (tertiary/aromatic N) is 2. The number of benzene rings is 2. The first-order chi connectivity index (χ1) is 13.1. The van der Waals surface area contributed by atoms with Gasteiger partial charge in [-0.05, 0) is 25.1 Å². The van der Waals surface area contributed by atoms with Crippen LogP contribution in [-0.4, -0.2) is 23.0 Å². The fourth-order valence-corrected chi connectivity index (χ4v) is 3.55. The number of carbonyl (C=O) groups is 1. The zero-order valence-corrected chi connectivity index (χ0v) is 15.7. The Balaban J connectivity index is 1.60. The SMILES string of the molecule is COc1ccc2cc(C(=O)Nc3nc(-c4ccccc4)cs3)c(C)nc2c1. The lowest BCUT2D eigenvalue weighted by Gasteiger charge is -2.08. The summed E-state index contributed by atoms with van der Waals surface area (Å²) in [6.45, 7) is 1.82. The lowest BCUT2D eigenvalue weighted by molar-refractivity contribution is 0.102. The number of hydrogen-bond donors (Lipinski definition) is 1. The van der Waals surface area contributed by atoms with E-state index >= 15 is 0 Å². The van der Waals surface area contributed by atoms with Crippen LogP contribution in [0.2, 0.25) is 0 Å². The van der Waals surface area contributed by atoms with Gasteiger partial charge in [-0.25, -0.2) is 4.98 Å². The maximum Gasteiger partial charge on any atom is 0.259 e. The van der Waals surface area contributed by atoms with E-state index in [1.54, 1.807) is 7.11 Å². The molecule has 1 amide bonds. The van der Waals surface area contributed by atoms with E-state index < -0.39 is 0 Å². The van der Waals surface area contributed by atoms with Crippen LogP contribution in [-0.2, 0) is 0 Å². The monoisotopic (exact) mass is 375 g/mol. The normalized spacial score (nSPS) is 10.7. The zero-order valence-electron chi connectivity index (χ0n) is 14.9. The van der Waals surface area contributed by atoms with Gasteiger partial charge in [-0.2, -0.15) is 0 Å². The molecule has 2 aromatic heterocycles. The predicted molar refractivity (Wildman–Crippen MR) is 109 cm³/mol. The quantitative estimate of drug-likeness (QED) is 0.549. The fourth-order valence-electron chi connectivity index (χ4n) is 2.84. The van der Waals surface area contributed by atoms with Gasteiger partial charge in [-0.3, -0.25) is 15.1 Å². The molecule has 134 valence electrons. The first kappa shape index (κ1) is 17.2. The van der Waals surface area contributed by atoms with Crippen molar-refractivity contribution in [1.29, 1.82) is 0 Å². The molecule has 4 rings (SSSR count). The molecular weight excluding hydrogens is 358 g/mol. The van der Waals surface area contributed by atoms with Gasteiger partial charge in [0.2, 0.25) is 0 Å². The Morgan fingerprint density at radius 1 is 1.07 bits per heavy atom. The summed E-state index contributed by atoms with van der Waals surface area (Å²) in [7, 11) is 1.62. The Morgan fingerprint density at radius 3 is 2.67 bits per heavy atom. The second kappa shape index (κ2) is 7.17. The van der Waals surface area contributed by atoms with E-state index in [1.807, 2.05) is 66.9 Å². The maximum absolute atomic E-state index is 12.7. The number of rotatable bonds is 4. The van der Waals surface area contributed by atoms with Gasteiger partial charge in [0.15, 0.2) is 5.13 Å². The average molecular weight is 375 g/mol. The molecule has 0 radical (unpaired) electrons. The molecule has 6 heteroatoms. The molecule has 27 heavy (non-hydrogen) atoms. The van der Waals surface area contributed by atoms with Crippen molar-refractivity contribution in [2.75, 3.05) is 12.4 Å². The minimum absolute atomic E-state index is 0.216. The molecule has 0 aliphatic carbocycles. The standard InChI is InChI=1S/C21H17N3O2S/c1-13-17(10-15-8-9-16(26-2)11-18(15)22-13)20(25)24-21-23-19(12-27-21)14-6-4-3-5-7-14/h3-12H,1-2H3,(H,23,24,25). The van der Waals surface area contributed by atoms with Crippen LogP contribution in [0.3, 0.4) is 0 Å². The average Bonchev–Trinajstić information content (AvgIpc) is 3.16. The highest BCUT2D eigenvalue weighted by Crippen LogP contribution is 2.26. The van der Waals surface area contributed by atoms with Gasteiger partial charge >= 0.3 is 0 Å². The van der Waals surface area contributed by atoms with Crippen LogP contribution < -0.4 is 10.1 Å². The Kier molecular flexibility index (Phi) is 4.56. The highest BCUT2D eigenvalue weighted by Gasteiger charge is 2.14. The Labute approximate surface area is 160 Å². The molecule has 2 heterocycles. The van der Waals surface area contributed by atoms with Crippen LogP contribution in [0.4, 0.5) is 5.13 Å². The molecule has 0 fully saturated rings. The van der Waals surface area contributed by atoms with Crippen LogP contribution in [0.1, 0.15) is 16.1 Å². The smallest absolute Gasteiger partial charge is 0.259 e. The molecule has 4 aromatic rings. The van der Waals surface area contributed by atoms with Crippen molar-refractivity contribution in [3.05, 3.63) is 71.2 Å². The number of amides is 1. The van der Waals surface area contributed by atoms with Crippen LogP contribution >= 0.6 is 11.3 Å². The van der Waals surface area contributed by atoms with Gasteiger partial charge in [0.25, 0.3) is 5.91 Å². The minimum atomic E-state index is -0.216. The van der Waals surface area contributed by atoms with Crippen LogP contribution in [0.25, 0.3) is 22.2 Å². The number of nitrogens with one attached hydrogen (secondary N) is 1. The number of methoxy groups -OCH3 is 1. The number of carbonyl (C=O) groups excluding carboxylic acids is 1. The molecule has 0 unspecified atom stereocenters. The molecule has 0 saturated carbocycles. The Hall–Kier alpha value is -3.25. The zero-order chi connectivity index (χ0) is 18.8. The van der Waals surface area contributed by atoms with Gasteiger partial charge < -0.3 is 4.74 Å². The van der Waals surface area contributed by atoms with Crippen molar-refractivity contribution >= 4 is 33.3 Å². The van der Waals surface area contributed by atoms with Gasteiger partial charge in [0, 0.05) is 22.4 Å². The van der Waals surface area contributed by atoms with Crippen molar-refractivity contribution in [1.82, 2.24) is 9.97 Å². The maximum atomic E-state index is 12.7. The first-order valence-electron chi connectivity index (χ1n) is 8.42. The van der Waals surface area contributed by atoms with Gasteiger partial charge in [0.05, 0.1) is 29.6 Å². The lowest BCUT2D eigenvalue weighted by atomic mass is 10.1. The van der Waals surface area contributed by atoms with E-state index in [0.29, 0.717) is 16.4 Å². The van der Waals surface area contributed by atoms with Crippen LogP contribution in [0.15, 0.2) is 60.0 Å². The van der Waals surface area contributed by atoms with Crippen LogP contribution in [0.5, 0.6) is 5.75 Å². The third-order valence-electron chi connectivity index (χ3n) is 4.25. The summed E-state index contributed by atoms with van der Waals surface area (Å²) < 4.78 is 5.23. The molecule has 0 atom stereocenters. The number of thiazole rings is 1. The largest absolute Gasteiger partial charge is 0.497 e. The van der Waals surface area contributed by atoms with E-state index in [9.17, 15) is 4.79 Å². The van der Waals surface area contributed by atoms with Gasteiger partial charge in [0.1, 0.15) is 5.75 Å². The Morgan fingerprint density at radius 2 is 1.89 bits per heavy atom. The third-order valence-corrected chi connectivity index (χ3v) is 5.01. The highest BCUT2D eigenvalue weighted by atomic mass is 32.1. The van der Waals surface area contributed by atoms with Crippen LogP contribution in [0, 0.1) is 6.92 Å². The fraction of sp³-hybridized carbons (Fsp3) is 0.0952. The molecule has 5 nitrogen and oxygen atoms in total. The summed E-state index contributed by atoms with van der Waals surface area (Å²) in [4.78, 5) is 21.8. The molecular formula is C21H17N3O2S. The molecule has 0 spiro atoms. The third kappa shape index (κ3) is 3.52. The van der Waals surface area contributed by atoms with Gasteiger partial charge in [-0.15, -0.1) is 11.3 Å². The second-order valence-electron chi connectivity index (χ2n) is 6.04. The number of hydrogen-bond acceptors (Lipinski definition) is 5. The van der Waals surface area contributed by atoms with Crippen molar-refractivity contribution in [3.63, 3.8) is 0 Å². The lowest BCUT2D eigenvalue weighted by Crippen LogP contribution is -2.14. The van der Waals surface area contributed by atoms with Crippen molar-refractivity contribution in [2.24, 2.45) is 0 Å². The minimum Gasteiger partial charge on any atom is -0.497 e. The van der Waals surface area contributed by atoms with E-state index in [0.717, 1.165) is 27.9 Å². The summed E-state index contributed by atoms with van der Waals surface area (Å²) in [6, 6.07) is 17.3. The Bertz CT molecular complexity index is 1120. The topological polar surface area (TPSA) is 64.1 Å². The number of aromatic nitrogens is 2. The van der Waals surface area contributed by atoms with Crippen molar-refractivity contribution < 1.29 is 9.53 Å². The molecule has 0 aliphatic rings. The van der Waals surface area contributed by atoms with E-state index in [-0.39, 0.29) is 5.91 Å². The molecule has 0 saturated heterocycles. The highest BCUT2D eigenvalue weighted by molar-refractivity contribution is 7.14. The van der Waals surface area contributed by atoms with Crippen molar-refractivity contribution in [3.8, 4) is 17.0 Å². The number of pyridine rings is 1. The number of fused-ring (bicyclic) bond motifs is 1.